The molecular formula is C17H19BrN2O2. The third-order valence-corrected chi connectivity index (χ3v) is 4.23. The Hall–Kier alpha value is -2.01. The molecule has 0 aliphatic rings. The number of benzene rings is 2. The summed E-state index contributed by atoms with van der Waals surface area (Å²) in [6.07, 6.45) is 0. The topological polar surface area (TPSA) is 50.4 Å². The molecule has 0 heterocycles. The van der Waals surface area contributed by atoms with Crippen LogP contribution in [0.25, 0.3) is 0 Å². The first-order chi connectivity index (χ1) is 10.6. The van der Waals surface area contributed by atoms with Crippen molar-refractivity contribution in [2.75, 3.05) is 7.11 Å². The molecule has 2 rings (SSSR count). The molecule has 2 aromatic rings. The number of amides is 2. The Morgan fingerprint density at radius 3 is 2.36 bits per heavy atom. The second-order valence-electron chi connectivity index (χ2n) is 4.87. The van der Waals surface area contributed by atoms with Crippen LogP contribution in [-0.2, 0) is 13.1 Å². The highest BCUT2D eigenvalue weighted by Crippen LogP contribution is 2.20. The molecule has 0 spiro atoms. The zero-order valence-corrected chi connectivity index (χ0v) is 14.2. The Balaban J connectivity index is 1.87. The Bertz CT molecular complexity index is 659. The fourth-order valence-corrected chi connectivity index (χ4v) is 2.55. The van der Waals surface area contributed by atoms with Gasteiger partial charge in [0.1, 0.15) is 5.75 Å². The highest BCUT2D eigenvalue weighted by atomic mass is 79.9. The third kappa shape index (κ3) is 4.24. The predicted octanol–water partition coefficient (Wildman–Crippen LogP) is 3.77. The van der Waals surface area contributed by atoms with E-state index in [1.54, 1.807) is 7.11 Å². The predicted molar refractivity (Wildman–Crippen MR) is 90.9 cm³/mol. The quantitative estimate of drug-likeness (QED) is 0.850. The minimum Gasteiger partial charge on any atom is -0.496 e. The molecule has 0 atom stereocenters. The molecule has 22 heavy (non-hydrogen) atoms. The van der Waals surface area contributed by atoms with Crippen LogP contribution in [0.4, 0.5) is 4.79 Å². The summed E-state index contributed by atoms with van der Waals surface area (Å²) >= 11 is 3.46. The number of hydrogen-bond donors (Lipinski definition) is 2. The van der Waals surface area contributed by atoms with Gasteiger partial charge in [0.15, 0.2) is 0 Å². The van der Waals surface area contributed by atoms with Gasteiger partial charge in [-0.25, -0.2) is 4.79 Å². The van der Waals surface area contributed by atoms with Crippen molar-refractivity contribution < 1.29 is 9.53 Å². The van der Waals surface area contributed by atoms with Crippen LogP contribution < -0.4 is 15.4 Å². The molecule has 0 aliphatic carbocycles. The van der Waals surface area contributed by atoms with Crippen molar-refractivity contribution in [3.8, 4) is 5.75 Å². The first-order valence-electron chi connectivity index (χ1n) is 6.99. The fourth-order valence-electron chi connectivity index (χ4n) is 2.13. The standard InChI is InChI=1S/C17H19BrN2O2/c1-12-13(7-5-9-16(12)22-2)10-19-17(21)20-11-14-6-3-4-8-15(14)18/h3-9H,10-11H2,1-2H3,(H2,19,20,21). The summed E-state index contributed by atoms with van der Waals surface area (Å²) < 4.78 is 6.26. The summed E-state index contributed by atoms with van der Waals surface area (Å²) in [5.41, 5.74) is 3.11. The lowest BCUT2D eigenvalue weighted by Crippen LogP contribution is -2.34. The van der Waals surface area contributed by atoms with Gasteiger partial charge in [-0.1, -0.05) is 46.3 Å². The highest BCUT2D eigenvalue weighted by molar-refractivity contribution is 9.10. The lowest BCUT2D eigenvalue weighted by molar-refractivity contribution is 0.240. The van der Waals surface area contributed by atoms with Crippen molar-refractivity contribution in [2.45, 2.75) is 20.0 Å². The summed E-state index contributed by atoms with van der Waals surface area (Å²) in [5, 5.41) is 5.71. The number of halogens is 1. The van der Waals surface area contributed by atoms with Crippen LogP contribution >= 0.6 is 15.9 Å². The van der Waals surface area contributed by atoms with Gasteiger partial charge in [-0.05, 0) is 35.7 Å². The van der Waals surface area contributed by atoms with E-state index in [0.717, 1.165) is 26.9 Å². The van der Waals surface area contributed by atoms with Crippen molar-refractivity contribution in [1.29, 1.82) is 0 Å². The summed E-state index contributed by atoms with van der Waals surface area (Å²) in [6, 6.07) is 13.4. The summed E-state index contributed by atoms with van der Waals surface area (Å²) in [4.78, 5) is 11.9. The van der Waals surface area contributed by atoms with E-state index in [9.17, 15) is 4.79 Å². The molecule has 0 saturated heterocycles. The van der Waals surface area contributed by atoms with Gasteiger partial charge >= 0.3 is 6.03 Å². The monoisotopic (exact) mass is 362 g/mol. The van der Waals surface area contributed by atoms with Gasteiger partial charge in [-0.3, -0.25) is 0 Å². The van der Waals surface area contributed by atoms with Gasteiger partial charge in [0.25, 0.3) is 0 Å². The molecule has 0 radical (unpaired) electrons. The lowest BCUT2D eigenvalue weighted by atomic mass is 10.1. The van der Waals surface area contributed by atoms with Gasteiger partial charge in [-0.2, -0.15) is 0 Å². The highest BCUT2D eigenvalue weighted by Gasteiger charge is 2.06. The zero-order valence-electron chi connectivity index (χ0n) is 12.7. The molecule has 4 nitrogen and oxygen atoms in total. The Labute approximate surface area is 139 Å². The minimum atomic E-state index is -0.196. The fraction of sp³-hybridized carbons (Fsp3) is 0.235. The molecule has 0 saturated carbocycles. The van der Waals surface area contributed by atoms with E-state index in [-0.39, 0.29) is 6.03 Å². The van der Waals surface area contributed by atoms with Gasteiger partial charge in [0.2, 0.25) is 0 Å². The number of hydrogen-bond acceptors (Lipinski definition) is 2. The summed E-state index contributed by atoms with van der Waals surface area (Å²) in [6.45, 7) is 2.92. The largest absolute Gasteiger partial charge is 0.496 e. The van der Waals surface area contributed by atoms with E-state index >= 15 is 0 Å². The van der Waals surface area contributed by atoms with Crippen molar-refractivity contribution in [1.82, 2.24) is 10.6 Å². The number of carbonyl (C=O) groups excluding carboxylic acids is 1. The average Bonchev–Trinajstić information content (AvgIpc) is 2.53. The maximum atomic E-state index is 11.9. The van der Waals surface area contributed by atoms with Crippen molar-refractivity contribution >= 4 is 22.0 Å². The van der Waals surface area contributed by atoms with Gasteiger partial charge < -0.3 is 15.4 Å². The normalized spacial score (nSPS) is 10.1. The Kier molecular flexibility index (Phi) is 5.83. The number of nitrogens with one attached hydrogen (secondary N) is 2. The van der Waals surface area contributed by atoms with Crippen LogP contribution in [0.5, 0.6) is 5.75 Å². The minimum absolute atomic E-state index is 0.196. The van der Waals surface area contributed by atoms with Crippen molar-refractivity contribution in [3.63, 3.8) is 0 Å². The molecule has 0 aliphatic heterocycles. The van der Waals surface area contributed by atoms with Gasteiger partial charge in [0, 0.05) is 17.6 Å². The van der Waals surface area contributed by atoms with E-state index in [1.807, 2.05) is 49.4 Å². The number of rotatable bonds is 5. The van der Waals surface area contributed by atoms with Gasteiger partial charge in [0.05, 0.1) is 7.11 Å². The summed E-state index contributed by atoms with van der Waals surface area (Å²) in [5.74, 6) is 0.827. The van der Waals surface area contributed by atoms with Crippen LogP contribution in [0.15, 0.2) is 46.9 Å². The van der Waals surface area contributed by atoms with E-state index in [4.69, 9.17) is 4.74 Å². The number of methoxy groups -OCH3 is 1. The Morgan fingerprint density at radius 1 is 1.05 bits per heavy atom. The van der Waals surface area contributed by atoms with Crippen molar-refractivity contribution in [3.05, 3.63) is 63.6 Å². The molecule has 5 heteroatoms. The first-order valence-corrected chi connectivity index (χ1v) is 7.78. The van der Waals surface area contributed by atoms with E-state index < -0.39 is 0 Å². The molecule has 0 fully saturated rings. The molecule has 0 aromatic heterocycles. The molecule has 0 unspecified atom stereocenters. The van der Waals surface area contributed by atoms with E-state index in [1.165, 1.54) is 0 Å². The molecular weight excluding hydrogens is 344 g/mol. The molecule has 0 bridgehead atoms. The molecule has 2 aromatic carbocycles. The molecule has 2 amide bonds. The van der Waals surface area contributed by atoms with Crippen LogP contribution in [0.3, 0.4) is 0 Å². The average molecular weight is 363 g/mol. The second-order valence-corrected chi connectivity index (χ2v) is 5.73. The SMILES string of the molecule is COc1cccc(CNC(=O)NCc2ccccc2Br)c1C. The first kappa shape index (κ1) is 16.4. The smallest absolute Gasteiger partial charge is 0.315 e. The number of ether oxygens (including phenoxy) is 1. The zero-order chi connectivity index (χ0) is 15.9. The van der Waals surface area contributed by atoms with Crippen LogP contribution in [0, 0.1) is 6.92 Å². The van der Waals surface area contributed by atoms with Crippen LogP contribution in [-0.4, -0.2) is 13.1 Å². The molecule has 2 N–H and O–H groups in total. The van der Waals surface area contributed by atoms with Crippen LogP contribution in [0.1, 0.15) is 16.7 Å². The summed E-state index contributed by atoms with van der Waals surface area (Å²) in [7, 11) is 1.64. The molecule has 116 valence electrons. The maximum absolute atomic E-state index is 11.9. The Morgan fingerprint density at radius 2 is 1.68 bits per heavy atom. The van der Waals surface area contributed by atoms with E-state index in [2.05, 4.69) is 26.6 Å². The van der Waals surface area contributed by atoms with Gasteiger partial charge in [-0.15, -0.1) is 0 Å². The number of urea groups is 1. The van der Waals surface area contributed by atoms with Crippen LogP contribution in [0.2, 0.25) is 0 Å². The van der Waals surface area contributed by atoms with Crippen molar-refractivity contribution in [2.24, 2.45) is 0 Å². The lowest BCUT2D eigenvalue weighted by Gasteiger charge is -2.12. The maximum Gasteiger partial charge on any atom is 0.315 e. The third-order valence-electron chi connectivity index (χ3n) is 3.45. The second kappa shape index (κ2) is 7.84. The van der Waals surface area contributed by atoms with E-state index in [0.29, 0.717) is 13.1 Å². The number of carbonyl (C=O) groups is 1.